The van der Waals surface area contributed by atoms with Crippen molar-refractivity contribution in [2.75, 3.05) is 27.4 Å². The summed E-state index contributed by atoms with van der Waals surface area (Å²) in [6.07, 6.45) is 0. The van der Waals surface area contributed by atoms with E-state index in [0.29, 0.717) is 18.1 Å². The SMILES string of the molecule is CCOC(=O)C(CN)c1ccc(OC)c(OC)c1. The lowest BCUT2D eigenvalue weighted by molar-refractivity contribution is -0.144. The number of rotatable bonds is 6. The molecule has 0 aliphatic carbocycles. The van der Waals surface area contributed by atoms with Crippen molar-refractivity contribution in [1.82, 2.24) is 0 Å². The van der Waals surface area contributed by atoms with Gasteiger partial charge in [-0.3, -0.25) is 4.79 Å². The number of benzene rings is 1. The topological polar surface area (TPSA) is 70.8 Å². The molecule has 0 saturated heterocycles. The summed E-state index contributed by atoms with van der Waals surface area (Å²) in [5.74, 6) is 0.371. The number of esters is 1. The van der Waals surface area contributed by atoms with E-state index in [0.717, 1.165) is 5.56 Å². The lowest BCUT2D eigenvalue weighted by Gasteiger charge is -2.16. The standard InChI is InChI=1S/C13H19NO4/c1-4-18-13(15)10(8-14)9-5-6-11(16-2)12(7-9)17-3/h5-7,10H,4,8,14H2,1-3H3. The van der Waals surface area contributed by atoms with Gasteiger partial charge in [-0.05, 0) is 24.6 Å². The first kappa shape index (κ1) is 14.3. The third kappa shape index (κ3) is 3.13. The Labute approximate surface area is 107 Å². The maximum atomic E-state index is 11.8. The van der Waals surface area contributed by atoms with E-state index in [1.54, 1.807) is 39.3 Å². The third-order valence-corrected chi connectivity index (χ3v) is 2.62. The van der Waals surface area contributed by atoms with E-state index < -0.39 is 5.92 Å². The van der Waals surface area contributed by atoms with Gasteiger partial charge in [-0.15, -0.1) is 0 Å². The van der Waals surface area contributed by atoms with Crippen molar-refractivity contribution in [2.45, 2.75) is 12.8 Å². The number of hydrogen-bond acceptors (Lipinski definition) is 5. The van der Waals surface area contributed by atoms with Gasteiger partial charge in [0.05, 0.1) is 26.7 Å². The summed E-state index contributed by atoms with van der Waals surface area (Å²) in [6, 6.07) is 5.28. The van der Waals surface area contributed by atoms with Gasteiger partial charge in [-0.25, -0.2) is 0 Å². The van der Waals surface area contributed by atoms with Crippen LogP contribution in [0.4, 0.5) is 0 Å². The van der Waals surface area contributed by atoms with Crippen molar-refractivity contribution >= 4 is 5.97 Å². The van der Waals surface area contributed by atoms with Gasteiger partial charge in [0.25, 0.3) is 0 Å². The molecular weight excluding hydrogens is 234 g/mol. The van der Waals surface area contributed by atoms with Gasteiger partial charge in [-0.1, -0.05) is 6.07 Å². The van der Waals surface area contributed by atoms with Crippen molar-refractivity contribution in [3.8, 4) is 11.5 Å². The molecule has 1 atom stereocenters. The molecule has 0 spiro atoms. The summed E-state index contributed by atoms with van der Waals surface area (Å²) in [4.78, 5) is 11.8. The molecule has 1 rings (SSSR count). The predicted octanol–water partition coefficient (Wildman–Crippen LogP) is 1.31. The van der Waals surface area contributed by atoms with Gasteiger partial charge < -0.3 is 19.9 Å². The molecular formula is C13H19NO4. The minimum atomic E-state index is -0.482. The minimum absolute atomic E-state index is 0.189. The van der Waals surface area contributed by atoms with Gasteiger partial charge >= 0.3 is 5.97 Å². The molecule has 0 aliphatic heterocycles. The number of carbonyl (C=O) groups excluding carboxylic acids is 1. The molecule has 1 unspecified atom stereocenters. The number of ether oxygens (including phenoxy) is 3. The zero-order valence-corrected chi connectivity index (χ0v) is 10.9. The lowest BCUT2D eigenvalue weighted by Crippen LogP contribution is -2.23. The average molecular weight is 253 g/mol. The van der Waals surface area contributed by atoms with Crippen LogP contribution < -0.4 is 15.2 Å². The minimum Gasteiger partial charge on any atom is -0.493 e. The first-order valence-electron chi connectivity index (χ1n) is 5.76. The van der Waals surface area contributed by atoms with E-state index in [-0.39, 0.29) is 12.5 Å². The molecule has 0 fully saturated rings. The third-order valence-electron chi connectivity index (χ3n) is 2.62. The molecule has 1 aromatic rings. The van der Waals surface area contributed by atoms with E-state index >= 15 is 0 Å². The quantitative estimate of drug-likeness (QED) is 0.774. The molecule has 0 aliphatic rings. The van der Waals surface area contributed by atoms with E-state index in [2.05, 4.69) is 0 Å². The summed E-state index contributed by atoms with van der Waals surface area (Å²) in [5, 5.41) is 0. The van der Waals surface area contributed by atoms with E-state index in [4.69, 9.17) is 19.9 Å². The van der Waals surface area contributed by atoms with Crippen LogP contribution in [-0.4, -0.2) is 33.3 Å². The Hall–Kier alpha value is -1.75. The van der Waals surface area contributed by atoms with Crippen molar-refractivity contribution < 1.29 is 19.0 Å². The van der Waals surface area contributed by atoms with Crippen molar-refractivity contribution in [1.29, 1.82) is 0 Å². The Balaban J connectivity index is 3.03. The highest BCUT2D eigenvalue weighted by atomic mass is 16.5. The van der Waals surface area contributed by atoms with Gasteiger partial charge in [0.2, 0.25) is 0 Å². The monoisotopic (exact) mass is 253 g/mol. The van der Waals surface area contributed by atoms with Crippen LogP contribution >= 0.6 is 0 Å². The molecule has 0 aromatic heterocycles. The molecule has 5 heteroatoms. The van der Waals surface area contributed by atoms with Crippen LogP contribution in [-0.2, 0) is 9.53 Å². The van der Waals surface area contributed by atoms with Crippen LogP contribution in [0.15, 0.2) is 18.2 Å². The van der Waals surface area contributed by atoms with Gasteiger partial charge in [0.15, 0.2) is 11.5 Å². The Morgan fingerprint density at radius 3 is 2.44 bits per heavy atom. The fourth-order valence-electron chi connectivity index (χ4n) is 1.68. The molecule has 0 bridgehead atoms. The Morgan fingerprint density at radius 2 is 1.94 bits per heavy atom. The van der Waals surface area contributed by atoms with Gasteiger partial charge in [0, 0.05) is 6.54 Å². The highest BCUT2D eigenvalue weighted by Crippen LogP contribution is 2.30. The first-order chi connectivity index (χ1) is 8.67. The maximum Gasteiger partial charge on any atom is 0.314 e. The normalized spacial score (nSPS) is 11.8. The maximum absolute atomic E-state index is 11.8. The summed E-state index contributed by atoms with van der Waals surface area (Å²) >= 11 is 0. The predicted molar refractivity (Wildman–Crippen MR) is 68.0 cm³/mol. The van der Waals surface area contributed by atoms with Crippen LogP contribution in [0.3, 0.4) is 0 Å². The van der Waals surface area contributed by atoms with Crippen LogP contribution in [0, 0.1) is 0 Å². The lowest BCUT2D eigenvalue weighted by atomic mass is 9.99. The average Bonchev–Trinajstić information content (AvgIpc) is 2.39. The summed E-state index contributed by atoms with van der Waals surface area (Å²) in [6.45, 7) is 2.29. The number of nitrogens with two attached hydrogens (primary N) is 1. The Bertz CT molecular complexity index is 406. The van der Waals surface area contributed by atoms with Crippen molar-refractivity contribution in [3.05, 3.63) is 23.8 Å². The molecule has 0 radical (unpaired) electrons. The largest absolute Gasteiger partial charge is 0.493 e. The zero-order chi connectivity index (χ0) is 13.5. The Morgan fingerprint density at radius 1 is 1.28 bits per heavy atom. The van der Waals surface area contributed by atoms with Crippen LogP contribution in [0.2, 0.25) is 0 Å². The zero-order valence-electron chi connectivity index (χ0n) is 10.9. The second kappa shape index (κ2) is 6.86. The summed E-state index contributed by atoms with van der Waals surface area (Å²) in [5.41, 5.74) is 6.38. The van der Waals surface area contributed by atoms with Crippen LogP contribution in [0.25, 0.3) is 0 Å². The van der Waals surface area contributed by atoms with Crippen molar-refractivity contribution in [2.24, 2.45) is 5.73 Å². The molecule has 0 amide bonds. The van der Waals surface area contributed by atoms with E-state index in [9.17, 15) is 4.79 Å². The molecule has 100 valence electrons. The molecule has 5 nitrogen and oxygen atoms in total. The number of hydrogen-bond donors (Lipinski definition) is 1. The summed E-state index contributed by atoms with van der Waals surface area (Å²) < 4.78 is 15.3. The first-order valence-corrected chi connectivity index (χ1v) is 5.76. The smallest absolute Gasteiger partial charge is 0.314 e. The van der Waals surface area contributed by atoms with Crippen LogP contribution in [0.1, 0.15) is 18.4 Å². The van der Waals surface area contributed by atoms with E-state index in [1.165, 1.54) is 0 Å². The number of methoxy groups -OCH3 is 2. The van der Waals surface area contributed by atoms with Crippen molar-refractivity contribution in [3.63, 3.8) is 0 Å². The fraction of sp³-hybridized carbons (Fsp3) is 0.462. The molecule has 18 heavy (non-hydrogen) atoms. The molecule has 0 saturated carbocycles. The molecule has 2 N–H and O–H groups in total. The highest BCUT2D eigenvalue weighted by molar-refractivity contribution is 5.78. The highest BCUT2D eigenvalue weighted by Gasteiger charge is 2.21. The Kier molecular flexibility index (Phi) is 5.45. The van der Waals surface area contributed by atoms with Gasteiger partial charge in [0.1, 0.15) is 0 Å². The second-order valence-electron chi connectivity index (χ2n) is 3.65. The van der Waals surface area contributed by atoms with Gasteiger partial charge in [-0.2, -0.15) is 0 Å². The van der Waals surface area contributed by atoms with E-state index in [1.807, 2.05) is 0 Å². The number of carbonyl (C=O) groups is 1. The van der Waals surface area contributed by atoms with Crippen LogP contribution in [0.5, 0.6) is 11.5 Å². The fourth-order valence-corrected chi connectivity index (χ4v) is 1.68. The second-order valence-corrected chi connectivity index (χ2v) is 3.65. The molecule has 0 heterocycles. The molecule has 1 aromatic carbocycles. The summed E-state index contributed by atoms with van der Waals surface area (Å²) in [7, 11) is 3.10.